The normalized spacial score (nSPS) is 14.5. The highest BCUT2D eigenvalue weighted by molar-refractivity contribution is 9.10. The number of amides is 1. The summed E-state index contributed by atoms with van der Waals surface area (Å²) in [7, 11) is 0. The van der Waals surface area contributed by atoms with Gasteiger partial charge in [-0.3, -0.25) is 4.79 Å². The van der Waals surface area contributed by atoms with Gasteiger partial charge in [-0.05, 0) is 34.1 Å². The lowest BCUT2D eigenvalue weighted by molar-refractivity contribution is -0.134. The van der Waals surface area contributed by atoms with Crippen LogP contribution in [-0.2, 0) is 9.53 Å². The van der Waals surface area contributed by atoms with Gasteiger partial charge in [-0.2, -0.15) is 0 Å². The average Bonchev–Trinajstić information content (AvgIpc) is 3.07. The minimum atomic E-state index is -0.662. The Morgan fingerprint density at radius 2 is 1.88 bits per heavy atom. The summed E-state index contributed by atoms with van der Waals surface area (Å²) >= 11 is 3.10. The van der Waals surface area contributed by atoms with E-state index in [2.05, 4.69) is 25.9 Å². The second-order valence-corrected chi connectivity index (χ2v) is 5.88. The Balaban J connectivity index is 1.46. The van der Waals surface area contributed by atoms with Crippen molar-refractivity contribution in [3.8, 4) is 0 Å². The number of nitrogens with zero attached hydrogens (tertiary/aromatic N) is 4. The van der Waals surface area contributed by atoms with E-state index in [1.807, 2.05) is 4.90 Å². The van der Waals surface area contributed by atoms with E-state index >= 15 is 0 Å². The van der Waals surface area contributed by atoms with Crippen molar-refractivity contribution in [2.75, 3.05) is 37.7 Å². The van der Waals surface area contributed by atoms with Gasteiger partial charge in [0.25, 0.3) is 5.91 Å². The Bertz CT molecular complexity index is 713. The molecule has 3 rings (SSSR count). The molecule has 3 heterocycles. The predicted octanol–water partition coefficient (Wildman–Crippen LogP) is 1.34. The van der Waals surface area contributed by atoms with Crippen LogP contribution in [0, 0.1) is 0 Å². The lowest BCUT2D eigenvalue weighted by Gasteiger charge is -2.34. The number of hydrogen-bond acceptors (Lipinski definition) is 7. The van der Waals surface area contributed by atoms with E-state index in [1.165, 1.54) is 6.07 Å². The van der Waals surface area contributed by atoms with Crippen molar-refractivity contribution >= 4 is 33.8 Å². The maximum atomic E-state index is 12.1. The zero-order chi connectivity index (χ0) is 16.9. The molecule has 0 aromatic carbocycles. The molecule has 9 heteroatoms. The number of carbonyl (C=O) groups excluding carboxylic acids is 2. The van der Waals surface area contributed by atoms with Gasteiger partial charge in [-0.25, -0.2) is 14.8 Å². The maximum absolute atomic E-state index is 12.1. The fourth-order valence-electron chi connectivity index (χ4n) is 2.32. The minimum absolute atomic E-state index is 0.0562. The molecular weight excluding hydrogens is 380 g/mol. The molecule has 0 aliphatic carbocycles. The van der Waals surface area contributed by atoms with Gasteiger partial charge in [0.05, 0.1) is 0 Å². The van der Waals surface area contributed by atoms with Gasteiger partial charge in [0, 0.05) is 38.6 Å². The summed E-state index contributed by atoms with van der Waals surface area (Å²) in [4.78, 5) is 35.9. The summed E-state index contributed by atoms with van der Waals surface area (Å²) < 4.78 is 10.5. The topological polar surface area (TPSA) is 88.8 Å². The summed E-state index contributed by atoms with van der Waals surface area (Å²) in [6, 6.07) is 4.83. The highest BCUT2D eigenvalue weighted by Crippen LogP contribution is 2.15. The van der Waals surface area contributed by atoms with Crippen molar-refractivity contribution < 1.29 is 18.7 Å². The Hall–Kier alpha value is -2.42. The number of anilines is 1. The summed E-state index contributed by atoms with van der Waals surface area (Å²) in [6.45, 7) is 2.02. The molecule has 1 amide bonds. The quantitative estimate of drug-likeness (QED) is 0.722. The van der Waals surface area contributed by atoms with E-state index in [1.54, 1.807) is 29.4 Å². The lowest BCUT2D eigenvalue weighted by atomic mass is 10.3. The van der Waals surface area contributed by atoms with Crippen molar-refractivity contribution in [3.63, 3.8) is 0 Å². The molecule has 1 aliphatic heterocycles. The van der Waals surface area contributed by atoms with Gasteiger partial charge >= 0.3 is 5.97 Å². The first-order valence-electron chi connectivity index (χ1n) is 7.35. The third-order valence-electron chi connectivity index (χ3n) is 3.57. The van der Waals surface area contributed by atoms with Crippen LogP contribution >= 0.6 is 15.9 Å². The van der Waals surface area contributed by atoms with E-state index < -0.39 is 5.97 Å². The van der Waals surface area contributed by atoms with E-state index in [9.17, 15) is 9.59 Å². The van der Waals surface area contributed by atoms with E-state index in [-0.39, 0.29) is 18.3 Å². The van der Waals surface area contributed by atoms with Gasteiger partial charge < -0.3 is 19.0 Å². The molecule has 0 spiro atoms. The second-order valence-electron chi connectivity index (χ2n) is 5.10. The number of hydrogen-bond donors (Lipinski definition) is 0. The van der Waals surface area contributed by atoms with Crippen molar-refractivity contribution in [2.45, 2.75) is 0 Å². The Morgan fingerprint density at radius 3 is 2.50 bits per heavy atom. The van der Waals surface area contributed by atoms with Crippen LogP contribution in [-0.4, -0.2) is 59.5 Å². The van der Waals surface area contributed by atoms with Crippen LogP contribution in [0.25, 0.3) is 0 Å². The molecule has 126 valence electrons. The molecule has 0 atom stereocenters. The summed E-state index contributed by atoms with van der Waals surface area (Å²) in [5.41, 5.74) is 0. The molecular formula is C15H15BrN4O4. The maximum Gasteiger partial charge on any atom is 0.374 e. The molecule has 0 N–H and O–H groups in total. The smallest absolute Gasteiger partial charge is 0.374 e. The van der Waals surface area contributed by atoms with Crippen LogP contribution in [0.4, 0.5) is 5.95 Å². The lowest BCUT2D eigenvalue weighted by Crippen LogP contribution is -2.50. The fourth-order valence-corrected chi connectivity index (χ4v) is 2.63. The highest BCUT2D eigenvalue weighted by Gasteiger charge is 2.23. The predicted molar refractivity (Wildman–Crippen MR) is 87.5 cm³/mol. The number of ether oxygens (including phenoxy) is 1. The van der Waals surface area contributed by atoms with Crippen LogP contribution in [0.2, 0.25) is 0 Å². The van der Waals surface area contributed by atoms with Gasteiger partial charge in [0.15, 0.2) is 11.3 Å². The zero-order valence-electron chi connectivity index (χ0n) is 12.7. The van der Waals surface area contributed by atoms with Crippen LogP contribution in [0.15, 0.2) is 39.7 Å². The molecule has 0 unspecified atom stereocenters. The van der Waals surface area contributed by atoms with Crippen LogP contribution in [0.3, 0.4) is 0 Å². The first-order valence-corrected chi connectivity index (χ1v) is 8.15. The third kappa shape index (κ3) is 3.91. The van der Waals surface area contributed by atoms with Gasteiger partial charge in [0.1, 0.15) is 0 Å². The molecule has 1 fully saturated rings. The van der Waals surface area contributed by atoms with Crippen LogP contribution in [0.1, 0.15) is 10.6 Å². The number of rotatable bonds is 4. The first kappa shape index (κ1) is 16.4. The zero-order valence-corrected chi connectivity index (χ0v) is 14.3. The van der Waals surface area contributed by atoms with E-state index in [0.717, 1.165) is 0 Å². The van der Waals surface area contributed by atoms with Crippen LogP contribution in [0.5, 0.6) is 0 Å². The second kappa shape index (κ2) is 7.43. The molecule has 2 aromatic rings. The van der Waals surface area contributed by atoms with Crippen molar-refractivity contribution in [3.05, 3.63) is 41.0 Å². The summed E-state index contributed by atoms with van der Waals surface area (Å²) in [5.74, 6) is -0.187. The molecule has 24 heavy (non-hydrogen) atoms. The van der Waals surface area contributed by atoms with E-state index in [0.29, 0.717) is 36.8 Å². The number of piperazine rings is 1. The molecule has 0 bridgehead atoms. The number of carbonyl (C=O) groups is 2. The van der Waals surface area contributed by atoms with Crippen molar-refractivity contribution in [1.29, 1.82) is 0 Å². The number of esters is 1. The first-order chi connectivity index (χ1) is 11.6. The standard InChI is InChI=1S/C15H15BrN4O4/c16-12-3-2-11(24-12)14(22)23-10-13(21)19-6-8-20(9-7-19)15-17-4-1-5-18-15/h1-5H,6-10H2. The molecule has 8 nitrogen and oxygen atoms in total. The largest absolute Gasteiger partial charge is 0.450 e. The number of furan rings is 1. The fraction of sp³-hybridized carbons (Fsp3) is 0.333. The minimum Gasteiger partial charge on any atom is -0.450 e. The van der Waals surface area contributed by atoms with Gasteiger partial charge in [-0.15, -0.1) is 0 Å². The molecule has 0 saturated carbocycles. The Kier molecular flexibility index (Phi) is 5.09. The molecule has 1 aliphatic rings. The SMILES string of the molecule is O=C(OCC(=O)N1CCN(c2ncccn2)CC1)c1ccc(Br)o1. The Labute approximate surface area is 146 Å². The number of aromatic nitrogens is 2. The van der Waals surface area contributed by atoms with Gasteiger partial charge in [-0.1, -0.05) is 0 Å². The monoisotopic (exact) mass is 394 g/mol. The number of halogens is 1. The van der Waals surface area contributed by atoms with Crippen LogP contribution < -0.4 is 4.90 Å². The third-order valence-corrected chi connectivity index (χ3v) is 3.99. The highest BCUT2D eigenvalue weighted by atomic mass is 79.9. The summed E-state index contributed by atoms with van der Waals surface area (Å²) in [5, 5.41) is 0. The molecule has 1 saturated heterocycles. The molecule has 0 radical (unpaired) electrons. The van der Waals surface area contributed by atoms with Gasteiger partial charge in [0.2, 0.25) is 11.7 Å². The Morgan fingerprint density at radius 1 is 1.17 bits per heavy atom. The van der Waals surface area contributed by atoms with Crippen molar-refractivity contribution in [2.24, 2.45) is 0 Å². The summed E-state index contributed by atoms with van der Waals surface area (Å²) in [6.07, 6.45) is 3.37. The molecule has 2 aromatic heterocycles. The van der Waals surface area contributed by atoms with E-state index in [4.69, 9.17) is 9.15 Å². The van der Waals surface area contributed by atoms with Crippen molar-refractivity contribution in [1.82, 2.24) is 14.9 Å². The average molecular weight is 395 g/mol.